The summed E-state index contributed by atoms with van der Waals surface area (Å²) in [4.78, 5) is 15.6. The molecule has 1 saturated heterocycles. The molecular weight excluding hydrogens is 478 g/mol. The van der Waals surface area contributed by atoms with Crippen molar-refractivity contribution in [3.05, 3.63) is 143 Å². The molecule has 1 fully saturated rings. The van der Waals surface area contributed by atoms with Crippen LogP contribution in [0.2, 0.25) is 0 Å². The monoisotopic (exact) mass is 510 g/mol. The molecule has 1 heterocycles. The lowest BCUT2D eigenvalue weighted by molar-refractivity contribution is -0.121. The predicted octanol–water partition coefficient (Wildman–Crippen LogP) is 6.71. The average molecular weight is 511 g/mol. The van der Waals surface area contributed by atoms with E-state index in [4.69, 9.17) is 0 Å². The van der Waals surface area contributed by atoms with Crippen molar-refractivity contribution in [2.75, 3.05) is 19.6 Å². The van der Waals surface area contributed by atoms with Crippen molar-refractivity contribution in [1.82, 2.24) is 10.2 Å². The van der Waals surface area contributed by atoms with Crippen LogP contribution < -0.4 is 5.32 Å². The lowest BCUT2D eigenvalue weighted by Crippen LogP contribution is -2.33. The Balaban J connectivity index is 1.23. The smallest absolute Gasteiger partial charge is 0.220 e. The number of carbonyl (C=O) groups excluding carboxylic acids is 1. The van der Waals surface area contributed by atoms with E-state index in [9.17, 15) is 13.6 Å². The summed E-state index contributed by atoms with van der Waals surface area (Å²) in [5.74, 6) is -0.650. The number of likely N-dealkylation sites (tertiary alicyclic amines) is 1. The van der Waals surface area contributed by atoms with Gasteiger partial charge in [-0.15, -0.1) is 0 Å². The number of amides is 1. The van der Waals surface area contributed by atoms with Crippen LogP contribution in [0.25, 0.3) is 0 Å². The Hall–Kier alpha value is -3.83. The van der Waals surface area contributed by atoms with E-state index in [2.05, 4.69) is 58.7 Å². The first-order valence-electron chi connectivity index (χ1n) is 13.2. The summed E-state index contributed by atoms with van der Waals surface area (Å²) in [6.45, 7) is 2.46. The van der Waals surface area contributed by atoms with Gasteiger partial charge in [0.05, 0.1) is 6.04 Å². The highest BCUT2D eigenvalue weighted by Gasteiger charge is 2.30. The number of hydrogen-bond acceptors (Lipinski definition) is 2. The quantitative estimate of drug-likeness (QED) is 0.271. The summed E-state index contributed by atoms with van der Waals surface area (Å²) in [6.07, 6.45) is 1.22. The van der Waals surface area contributed by atoms with Gasteiger partial charge in [0.15, 0.2) is 0 Å². The Labute approximate surface area is 223 Å². The fourth-order valence-corrected chi connectivity index (χ4v) is 5.48. The molecule has 0 aliphatic carbocycles. The average Bonchev–Trinajstić information content (AvgIpc) is 3.41. The molecule has 1 amide bonds. The highest BCUT2D eigenvalue weighted by Crippen LogP contribution is 2.33. The van der Waals surface area contributed by atoms with Crippen molar-refractivity contribution in [2.24, 2.45) is 5.92 Å². The molecule has 0 saturated carbocycles. The molecule has 5 rings (SSSR count). The molecule has 0 aromatic heterocycles. The molecule has 1 N–H and O–H groups in total. The van der Waals surface area contributed by atoms with Crippen molar-refractivity contribution in [2.45, 2.75) is 24.8 Å². The molecule has 1 aliphatic rings. The van der Waals surface area contributed by atoms with Crippen LogP contribution in [0.3, 0.4) is 0 Å². The number of nitrogens with zero attached hydrogens (tertiary/aromatic N) is 1. The minimum absolute atomic E-state index is 0.0650. The maximum atomic E-state index is 13.5. The fraction of sp³-hybridized carbons (Fsp3) is 0.242. The Morgan fingerprint density at radius 3 is 1.74 bits per heavy atom. The molecule has 1 aliphatic heterocycles. The van der Waals surface area contributed by atoms with Crippen LogP contribution in [0.4, 0.5) is 8.78 Å². The van der Waals surface area contributed by atoms with Crippen molar-refractivity contribution >= 4 is 5.91 Å². The van der Waals surface area contributed by atoms with Crippen molar-refractivity contribution < 1.29 is 13.6 Å². The van der Waals surface area contributed by atoms with Gasteiger partial charge in [0.25, 0.3) is 0 Å². The number of nitrogens with one attached hydrogen (secondary N) is 1. The lowest BCUT2D eigenvalue weighted by Gasteiger charge is -2.29. The van der Waals surface area contributed by atoms with E-state index in [0.29, 0.717) is 12.5 Å². The summed E-state index contributed by atoms with van der Waals surface area (Å²) in [6, 6.07) is 33.7. The van der Waals surface area contributed by atoms with E-state index in [1.165, 1.54) is 35.4 Å². The molecule has 4 aromatic rings. The highest BCUT2D eigenvalue weighted by molar-refractivity contribution is 5.77. The Morgan fingerprint density at radius 1 is 0.737 bits per heavy atom. The SMILES string of the molecule is O=C(CC(c1ccc(F)cc1)c1ccc(F)cc1)NCC1CCN(C(c2ccccc2)c2ccccc2)C1. The van der Waals surface area contributed by atoms with Crippen LogP contribution in [0.5, 0.6) is 0 Å². The van der Waals surface area contributed by atoms with Crippen molar-refractivity contribution in [1.29, 1.82) is 0 Å². The van der Waals surface area contributed by atoms with Crippen LogP contribution >= 0.6 is 0 Å². The predicted molar refractivity (Wildman–Crippen MR) is 147 cm³/mol. The van der Waals surface area contributed by atoms with Crippen molar-refractivity contribution in [3.8, 4) is 0 Å². The van der Waals surface area contributed by atoms with Gasteiger partial charge < -0.3 is 5.32 Å². The maximum Gasteiger partial charge on any atom is 0.220 e. The number of benzene rings is 4. The van der Waals surface area contributed by atoms with Crippen LogP contribution in [-0.4, -0.2) is 30.4 Å². The van der Waals surface area contributed by atoms with E-state index in [-0.39, 0.29) is 35.9 Å². The van der Waals surface area contributed by atoms with E-state index in [1.54, 1.807) is 24.3 Å². The number of hydrogen-bond donors (Lipinski definition) is 1. The van der Waals surface area contributed by atoms with Gasteiger partial charge in [0, 0.05) is 25.4 Å². The third-order valence-electron chi connectivity index (χ3n) is 7.44. The molecule has 1 atom stereocenters. The largest absolute Gasteiger partial charge is 0.356 e. The van der Waals surface area contributed by atoms with E-state index >= 15 is 0 Å². The van der Waals surface area contributed by atoms with Gasteiger partial charge in [0.2, 0.25) is 5.91 Å². The minimum atomic E-state index is -0.328. The molecule has 0 radical (unpaired) electrons. The van der Waals surface area contributed by atoms with E-state index in [1.807, 2.05) is 12.1 Å². The van der Waals surface area contributed by atoms with Gasteiger partial charge in [0.1, 0.15) is 11.6 Å². The van der Waals surface area contributed by atoms with Gasteiger partial charge in [-0.2, -0.15) is 0 Å². The molecule has 5 heteroatoms. The third-order valence-corrected chi connectivity index (χ3v) is 7.44. The molecule has 38 heavy (non-hydrogen) atoms. The maximum absolute atomic E-state index is 13.5. The fourth-order valence-electron chi connectivity index (χ4n) is 5.48. The molecule has 194 valence electrons. The Kier molecular flexibility index (Phi) is 8.25. The molecule has 1 unspecified atom stereocenters. The zero-order valence-corrected chi connectivity index (χ0v) is 21.3. The first kappa shape index (κ1) is 25.8. The van der Waals surface area contributed by atoms with Gasteiger partial charge >= 0.3 is 0 Å². The topological polar surface area (TPSA) is 32.3 Å². The Bertz CT molecular complexity index is 1230. The summed E-state index contributed by atoms with van der Waals surface area (Å²) < 4.78 is 27.1. The Morgan fingerprint density at radius 2 is 1.24 bits per heavy atom. The first-order valence-corrected chi connectivity index (χ1v) is 13.2. The molecule has 4 aromatic carbocycles. The molecule has 3 nitrogen and oxygen atoms in total. The second kappa shape index (κ2) is 12.1. The number of carbonyl (C=O) groups is 1. The van der Waals surface area contributed by atoms with Crippen LogP contribution in [0, 0.1) is 17.6 Å². The molecular formula is C33H32F2N2O. The third kappa shape index (κ3) is 6.35. The van der Waals surface area contributed by atoms with Gasteiger partial charge in [-0.1, -0.05) is 84.9 Å². The summed E-state index contributed by atoms with van der Waals surface area (Å²) in [7, 11) is 0. The van der Waals surface area contributed by atoms with Crippen LogP contribution in [-0.2, 0) is 4.79 Å². The zero-order valence-electron chi connectivity index (χ0n) is 21.3. The lowest BCUT2D eigenvalue weighted by atomic mass is 9.88. The van der Waals surface area contributed by atoms with Gasteiger partial charge in [-0.3, -0.25) is 9.69 Å². The zero-order chi connectivity index (χ0) is 26.3. The first-order chi connectivity index (χ1) is 18.6. The molecule has 0 spiro atoms. The normalized spacial score (nSPS) is 15.7. The number of rotatable bonds is 9. The summed E-state index contributed by atoms with van der Waals surface area (Å²) >= 11 is 0. The second-order valence-corrected chi connectivity index (χ2v) is 10.0. The van der Waals surface area contributed by atoms with E-state index in [0.717, 1.165) is 30.6 Å². The second-order valence-electron chi connectivity index (χ2n) is 10.0. The van der Waals surface area contributed by atoms with Crippen LogP contribution in [0.1, 0.15) is 47.1 Å². The van der Waals surface area contributed by atoms with E-state index < -0.39 is 0 Å². The molecule has 0 bridgehead atoms. The van der Waals surface area contributed by atoms with Crippen molar-refractivity contribution in [3.63, 3.8) is 0 Å². The minimum Gasteiger partial charge on any atom is -0.356 e. The highest BCUT2D eigenvalue weighted by atomic mass is 19.1. The van der Waals surface area contributed by atoms with Gasteiger partial charge in [-0.05, 0) is 65.4 Å². The summed E-state index contributed by atoms with van der Waals surface area (Å²) in [5.41, 5.74) is 4.19. The number of halogens is 2. The standard InChI is InChI=1S/C33H32F2N2O/c34-29-15-11-25(12-16-29)31(26-13-17-30(35)18-14-26)21-32(38)36-22-24-19-20-37(23-24)33(27-7-3-1-4-8-27)28-9-5-2-6-10-28/h1-18,24,31,33H,19-23H2,(H,36,38). The van der Waals surface area contributed by atoms with Gasteiger partial charge in [-0.25, -0.2) is 8.78 Å². The summed E-state index contributed by atoms with van der Waals surface area (Å²) in [5, 5.41) is 3.14. The van der Waals surface area contributed by atoms with Crippen LogP contribution in [0.15, 0.2) is 109 Å².